The molecular weight excluding hydrogens is 379 g/mol. The monoisotopic (exact) mass is 388 g/mol. The van der Waals surface area contributed by atoms with Crippen LogP contribution in [0.2, 0.25) is 10.0 Å². The third-order valence-electron chi connectivity index (χ3n) is 3.58. The number of thiazole rings is 1. The molecule has 0 unspecified atom stereocenters. The summed E-state index contributed by atoms with van der Waals surface area (Å²) in [6.07, 6.45) is 1.64. The molecule has 0 aliphatic heterocycles. The van der Waals surface area contributed by atoms with E-state index in [0.717, 1.165) is 16.0 Å². The molecule has 2 heterocycles. The van der Waals surface area contributed by atoms with Gasteiger partial charge in [0.15, 0.2) is 5.13 Å². The second-order valence-electron chi connectivity index (χ2n) is 5.27. The fourth-order valence-electron chi connectivity index (χ4n) is 2.39. The number of nitrogens with zero attached hydrogens (tertiary/aromatic N) is 1. The number of aromatic nitrogens is 1. The fourth-order valence-corrected chi connectivity index (χ4v) is 3.53. The lowest BCUT2D eigenvalue weighted by molar-refractivity contribution is 0.563. The summed E-state index contributed by atoms with van der Waals surface area (Å²) < 4.78 is 5.37. The number of halogens is 2. The number of fused-ring (bicyclic) bond motifs is 1. The smallest absolute Gasteiger partial charge is 0.345 e. The fraction of sp³-hybridized carbons (Fsp3) is 0. The van der Waals surface area contributed by atoms with Crippen LogP contribution in [-0.2, 0) is 0 Å². The first-order valence-electron chi connectivity index (χ1n) is 7.31. The minimum Gasteiger partial charge on any atom is -0.422 e. The second kappa shape index (κ2) is 6.52. The van der Waals surface area contributed by atoms with Crippen LogP contribution in [0.15, 0.2) is 63.9 Å². The first-order chi connectivity index (χ1) is 12.1. The van der Waals surface area contributed by atoms with E-state index >= 15 is 0 Å². The molecule has 7 heteroatoms. The van der Waals surface area contributed by atoms with Gasteiger partial charge in [0.05, 0.1) is 20.5 Å². The molecule has 0 fully saturated rings. The predicted molar refractivity (Wildman–Crippen MR) is 103 cm³/mol. The highest BCUT2D eigenvalue weighted by Crippen LogP contribution is 2.32. The van der Waals surface area contributed by atoms with Gasteiger partial charge >= 0.3 is 5.63 Å². The molecule has 25 heavy (non-hydrogen) atoms. The van der Waals surface area contributed by atoms with Crippen molar-refractivity contribution in [2.45, 2.75) is 0 Å². The lowest BCUT2D eigenvalue weighted by atomic mass is 10.2. The maximum atomic E-state index is 12.2. The Kier molecular flexibility index (Phi) is 4.21. The summed E-state index contributed by atoms with van der Waals surface area (Å²) in [5.74, 6) is 0. The largest absolute Gasteiger partial charge is 0.422 e. The summed E-state index contributed by atoms with van der Waals surface area (Å²) in [6.45, 7) is 0. The van der Waals surface area contributed by atoms with Gasteiger partial charge in [-0.05, 0) is 30.3 Å². The van der Waals surface area contributed by atoms with Gasteiger partial charge in [0.2, 0.25) is 0 Å². The molecule has 4 nitrogen and oxygen atoms in total. The van der Waals surface area contributed by atoms with E-state index in [1.165, 1.54) is 11.3 Å². The minimum atomic E-state index is -0.386. The van der Waals surface area contributed by atoms with Crippen molar-refractivity contribution in [3.63, 3.8) is 0 Å². The van der Waals surface area contributed by atoms with Crippen LogP contribution in [0.1, 0.15) is 0 Å². The predicted octanol–water partition coefficient (Wildman–Crippen LogP) is 5.97. The Balaban J connectivity index is 1.68. The van der Waals surface area contributed by atoms with E-state index in [2.05, 4.69) is 10.3 Å². The average molecular weight is 389 g/mol. The van der Waals surface area contributed by atoms with Gasteiger partial charge < -0.3 is 9.73 Å². The van der Waals surface area contributed by atoms with Crippen molar-refractivity contribution in [3.05, 3.63) is 75.2 Å². The summed E-state index contributed by atoms with van der Waals surface area (Å²) in [6, 6.07) is 14.4. The summed E-state index contributed by atoms with van der Waals surface area (Å²) in [4.78, 5) is 17.3. The van der Waals surface area contributed by atoms with Crippen molar-refractivity contribution < 1.29 is 4.42 Å². The van der Waals surface area contributed by atoms with E-state index in [0.29, 0.717) is 26.3 Å². The normalized spacial score (nSPS) is 11.0. The SMILES string of the molecule is O=c1oc2ccccc2cc1-c1cnc(Nc2ccc(Cl)c(Cl)c2)s1. The summed E-state index contributed by atoms with van der Waals surface area (Å²) in [7, 11) is 0. The van der Waals surface area contributed by atoms with Gasteiger partial charge in [0.25, 0.3) is 0 Å². The maximum Gasteiger partial charge on any atom is 0.345 e. The third kappa shape index (κ3) is 3.26. The molecular formula is C18H10Cl2N2O2S. The highest BCUT2D eigenvalue weighted by Gasteiger charge is 2.12. The molecule has 0 spiro atoms. The number of benzene rings is 2. The Hall–Kier alpha value is -2.34. The Morgan fingerprint density at radius 1 is 1.04 bits per heavy atom. The molecule has 0 amide bonds. The number of para-hydroxylation sites is 1. The van der Waals surface area contributed by atoms with Gasteiger partial charge in [-0.1, -0.05) is 52.7 Å². The Labute approximate surface area is 156 Å². The van der Waals surface area contributed by atoms with Crippen molar-refractivity contribution in [2.24, 2.45) is 0 Å². The standard InChI is InChI=1S/C18H10Cl2N2O2S/c19-13-6-5-11(8-14(13)20)22-18-21-9-16(25-18)12-7-10-3-1-2-4-15(10)24-17(12)23/h1-9H,(H,21,22). The van der Waals surface area contributed by atoms with Crippen LogP contribution in [0.4, 0.5) is 10.8 Å². The van der Waals surface area contributed by atoms with E-state index in [1.54, 1.807) is 30.5 Å². The molecule has 0 atom stereocenters. The van der Waals surface area contributed by atoms with Crippen LogP contribution in [0.3, 0.4) is 0 Å². The van der Waals surface area contributed by atoms with Crippen LogP contribution < -0.4 is 10.9 Å². The third-order valence-corrected chi connectivity index (χ3v) is 5.27. The van der Waals surface area contributed by atoms with E-state index in [-0.39, 0.29) is 5.63 Å². The molecule has 2 aromatic heterocycles. The van der Waals surface area contributed by atoms with Crippen LogP contribution >= 0.6 is 34.5 Å². The van der Waals surface area contributed by atoms with Gasteiger partial charge in [0.1, 0.15) is 5.58 Å². The number of hydrogen-bond acceptors (Lipinski definition) is 5. The zero-order chi connectivity index (χ0) is 17.4. The summed E-state index contributed by atoms with van der Waals surface area (Å²) >= 11 is 13.3. The van der Waals surface area contributed by atoms with Crippen LogP contribution in [0.25, 0.3) is 21.4 Å². The first kappa shape index (κ1) is 16.1. The van der Waals surface area contributed by atoms with Crippen LogP contribution in [0.5, 0.6) is 0 Å². The minimum absolute atomic E-state index is 0.386. The highest BCUT2D eigenvalue weighted by molar-refractivity contribution is 7.18. The van der Waals surface area contributed by atoms with Crippen molar-refractivity contribution in [2.75, 3.05) is 5.32 Å². The average Bonchev–Trinajstić information content (AvgIpc) is 3.06. The zero-order valence-corrected chi connectivity index (χ0v) is 15.0. The van der Waals surface area contributed by atoms with Crippen molar-refractivity contribution in [1.82, 2.24) is 4.98 Å². The molecule has 124 valence electrons. The lowest BCUT2D eigenvalue weighted by Crippen LogP contribution is -2.01. The van der Waals surface area contributed by atoms with Crippen molar-refractivity contribution in [1.29, 1.82) is 0 Å². The first-order valence-corrected chi connectivity index (χ1v) is 8.88. The Morgan fingerprint density at radius 3 is 2.72 bits per heavy atom. The molecule has 0 radical (unpaired) electrons. The van der Waals surface area contributed by atoms with Crippen molar-refractivity contribution >= 4 is 56.3 Å². The summed E-state index contributed by atoms with van der Waals surface area (Å²) in [5.41, 5.74) is 1.43. The van der Waals surface area contributed by atoms with Crippen molar-refractivity contribution in [3.8, 4) is 10.4 Å². The molecule has 0 bridgehead atoms. The maximum absolute atomic E-state index is 12.2. The van der Waals surface area contributed by atoms with Gasteiger partial charge in [-0.25, -0.2) is 9.78 Å². The van der Waals surface area contributed by atoms with Gasteiger partial charge in [-0.3, -0.25) is 0 Å². The van der Waals surface area contributed by atoms with E-state index in [1.807, 2.05) is 24.3 Å². The number of anilines is 2. The van der Waals surface area contributed by atoms with Gasteiger partial charge in [-0.2, -0.15) is 0 Å². The Bertz CT molecular complexity index is 1140. The Morgan fingerprint density at radius 2 is 1.88 bits per heavy atom. The molecule has 0 aliphatic carbocycles. The van der Waals surface area contributed by atoms with Gasteiger partial charge in [-0.15, -0.1) is 0 Å². The summed E-state index contributed by atoms with van der Waals surface area (Å²) in [5, 5.41) is 5.60. The number of nitrogens with one attached hydrogen (secondary N) is 1. The van der Waals surface area contributed by atoms with E-state index < -0.39 is 0 Å². The lowest BCUT2D eigenvalue weighted by Gasteiger charge is -2.03. The molecule has 4 rings (SSSR count). The molecule has 0 aliphatic rings. The molecule has 1 N–H and O–H groups in total. The topological polar surface area (TPSA) is 55.1 Å². The molecule has 0 saturated heterocycles. The second-order valence-corrected chi connectivity index (χ2v) is 7.11. The number of rotatable bonds is 3. The molecule has 2 aromatic carbocycles. The van der Waals surface area contributed by atoms with Crippen LogP contribution in [0, 0.1) is 0 Å². The van der Waals surface area contributed by atoms with Gasteiger partial charge in [0, 0.05) is 17.3 Å². The molecule has 4 aromatic rings. The highest BCUT2D eigenvalue weighted by atomic mass is 35.5. The molecule has 0 saturated carbocycles. The van der Waals surface area contributed by atoms with E-state index in [4.69, 9.17) is 27.6 Å². The van der Waals surface area contributed by atoms with Crippen LogP contribution in [-0.4, -0.2) is 4.98 Å². The zero-order valence-electron chi connectivity index (χ0n) is 12.6. The number of hydrogen-bond donors (Lipinski definition) is 1. The van der Waals surface area contributed by atoms with E-state index in [9.17, 15) is 4.79 Å². The quantitative estimate of drug-likeness (QED) is 0.439.